The van der Waals surface area contributed by atoms with Crippen LogP contribution in [0.2, 0.25) is 0 Å². The molecule has 0 aliphatic heterocycles. The van der Waals surface area contributed by atoms with Gasteiger partial charge in [-0.05, 0) is 31.5 Å². The minimum Gasteiger partial charge on any atom is -0.465 e. The molecule has 4 rings (SSSR count). The van der Waals surface area contributed by atoms with Crippen molar-refractivity contribution < 1.29 is 23.5 Å². The first-order valence-electron chi connectivity index (χ1n) is 10.6. The molecule has 0 saturated heterocycles. The lowest BCUT2D eigenvalue weighted by molar-refractivity contribution is 0.0527. The van der Waals surface area contributed by atoms with E-state index >= 15 is 0 Å². The standard InChI is InChI=1S/C25H19N3O6S2/c1-4-33-24(30)19-13(2)20(25(31)32-3)36-22(19)27-11-15(10-26)21-28-17(12-35-21)16-9-14-7-5-6-8-18(14)34-23(16)29/h5-9,11-12,27H,4H2,1-3H3. The second-order valence-electron chi connectivity index (χ2n) is 7.31. The molecule has 0 spiro atoms. The maximum absolute atomic E-state index is 12.5. The number of ether oxygens (including phenoxy) is 2. The number of esters is 2. The number of nitrogens with one attached hydrogen (secondary N) is 1. The Balaban J connectivity index is 1.68. The van der Waals surface area contributed by atoms with Crippen molar-refractivity contribution in [1.29, 1.82) is 5.26 Å². The average Bonchev–Trinajstić information content (AvgIpc) is 3.48. The van der Waals surface area contributed by atoms with Crippen molar-refractivity contribution in [2.75, 3.05) is 19.0 Å². The van der Waals surface area contributed by atoms with Crippen LogP contribution < -0.4 is 10.9 Å². The molecule has 1 N–H and O–H groups in total. The van der Waals surface area contributed by atoms with Gasteiger partial charge in [-0.25, -0.2) is 19.4 Å². The van der Waals surface area contributed by atoms with E-state index in [9.17, 15) is 19.6 Å². The van der Waals surface area contributed by atoms with Crippen LogP contribution in [0, 0.1) is 18.3 Å². The second kappa shape index (κ2) is 10.6. The van der Waals surface area contributed by atoms with Crippen molar-refractivity contribution in [2.24, 2.45) is 0 Å². The number of thiazole rings is 1. The Kier molecular flexibility index (Phi) is 7.28. The molecule has 0 bridgehead atoms. The van der Waals surface area contributed by atoms with Crippen LogP contribution in [-0.2, 0) is 9.47 Å². The fourth-order valence-electron chi connectivity index (χ4n) is 3.39. The highest BCUT2D eigenvalue weighted by Gasteiger charge is 2.26. The number of hydrogen-bond acceptors (Lipinski definition) is 11. The minimum absolute atomic E-state index is 0.158. The van der Waals surface area contributed by atoms with E-state index < -0.39 is 17.6 Å². The Morgan fingerprint density at radius 2 is 2.06 bits per heavy atom. The number of fused-ring (bicyclic) bond motifs is 1. The molecule has 3 heterocycles. The lowest BCUT2D eigenvalue weighted by Gasteiger charge is -2.05. The van der Waals surface area contributed by atoms with Crippen molar-refractivity contribution in [3.05, 3.63) is 73.3 Å². The quantitative estimate of drug-likeness (QED) is 0.197. The molecule has 4 aromatic rings. The summed E-state index contributed by atoms with van der Waals surface area (Å²) in [6, 6.07) is 10.9. The summed E-state index contributed by atoms with van der Waals surface area (Å²) < 4.78 is 15.3. The van der Waals surface area contributed by atoms with Crippen LogP contribution in [0.1, 0.15) is 37.5 Å². The Hall–Kier alpha value is -4.27. The van der Waals surface area contributed by atoms with Crippen LogP contribution in [0.5, 0.6) is 0 Å². The fourth-order valence-corrected chi connectivity index (χ4v) is 5.26. The molecule has 0 aliphatic carbocycles. The number of para-hydroxylation sites is 1. The number of nitriles is 1. The third-order valence-corrected chi connectivity index (χ3v) is 7.20. The van der Waals surface area contributed by atoms with Gasteiger partial charge in [0.2, 0.25) is 0 Å². The van der Waals surface area contributed by atoms with Crippen molar-refractivity contribution in [3.63, 3.8) is 0 Å². The van der Waals surface area contributed by atoms with Crippen LogP contribution in [0.4, 0.5) is 5.00 Å². The number of hydrogen-bond donors (Lipinski definition) is 1. The van der Waals surface area contributed by atoms with E-state index in [0.717, 1.165) is 16.7 Å². The summed E-state index contributed by atoms with van der Waals surface area (Å²) in [5, 5.41) is 15.8. The predicted molar refractivity (Wildman–Crippen MR) is 137 cm³/mol. The normalized spacial score (nSPS) is 11.2. The largest absolute Gasteiger partial charge is 0.465 e. The summed E-state index contributed by atoms with van der Waals surface area (Å²) in [6.07, 6.45) is 1.39. The lowest BCUT2D eigenvalue weighted by atomic mass is 10.1. The van der Waals surface area contributed by atoms with Gasteiger partial charge in [0.15, 0.2) is 0 Å². The third kappa shape index (κ3) is 4.77. The average molecular weight is 522 g/mol. The van der Waals surface area contributed by atoms with Crippen molar-refractivity contribution in [2.45, 2.75) is 13.8 Å². The highest BCUT2D eigenvalue weighted by molar-refractivity contribution is 7.18. The number of aromatic nitrogens is 1. The highest BCUT2D eigenvalue weighted by Crippen LogP contribution is 2.35. The Bertz CT molecular complexity index is 1610. The number of nitrogens with zero attached hydrogens (tertiary/aromatic N) is 2. The number of allylic oxidation sites excluding steroid dienone is 1. The molecule has 9 nitrogen and oxygen atoms in total. The molecule has 0 saturated carbocycles. The summed E-state index contributed by atoms with van der Waals surface area (Å²) in [7, 11) is 1.25. The molecule has 182 valence electrons. The number of carbonyl (C=O) groups excluding carboxylic acids is 2. The molecule has 1 aromatic carbocycles. The molecule has 0 fully saturated rings. The summed E-state index contributed by atoms with van der Waals surface area (Å²) in [4.78, 5) is 41.9. The monoisotopic (exact) mass is 521 g/mol. The summed E-state index contributed by atoms with van der Waals surface area (Å²) in [5.74, 6) is -1.19. The molecule has 0 atom stereocenters. The van der Waals surface area contributed by atoms with Crippen LogP contribution in [0.15, 0.2) is 51.1 Å². The SMILES string of the molecule is CCOC(=O)c1c(NC=C(C#N)c2nc(-c3cc4ccccc4oc3=O)cs2)sc(C(=O)OC)c1C. The van der Waals surface area contributed by atoms with Crippen LogP contribution in [0.25, 0.3) is 27.8 Å². The highest BCUT2D eigenvalue weighted by atomic mass is 32.1. The Labute approximate surface area is 213 Å². The number of rotatable bonds is 7. The van der Waals surface area contributed by atoms with E-state index in [-0.39, 0.29) is 28.2 Å². The van der Waals surface area contributed by atoms with Gasteiger partial charge in [-0.2, -0.15) is 5.26 Å². The van der Waals surface area contributed by atoms with Gasteiger partial charge in [0.05, 0.1) is 30.5 Å². The van der Waals surface area contributed by atoms with Gasteiger partial charge in [0, 0.05) is 17.0 Å². The molecule has 0 radical (unpaired) electrons. The zero-order chi connectivity index (χ0) is 25.8. The number of methoxy groups -OCH3 is 1. The molecule has 0 amide bonds. The fraction of sp³-hybridized carbons (Fsp3) is 0.160. The van der Waals surface area contributed by atoms with Gasteiger partial charge in [-0.15, -0.1) is 22.7 Å². The first-order valence-corrected chi connectivity index (χ1v) is 12.3. The van der Waals surface area contributed by atoms with Gasteiger partial charge in [0.1, 0.15) is 32.1 Å². The molecule has 0 aliphatic rings. The summed E-state index contributed by atoms with van der Waals surface area (Å²) >= 11 is 2.19. The van der Waals surface area contributed by atoms with E-state index in [1.165, 1.54) is 24.6 Å². The summed E-state index contributed by atoms with van der Waals surface area (Å²) in [5.41, 5.74) is 1.36. The minimum atomic E-state index is -0.602. The van der Waals surface area contributed by atoms with Crippen LogP contribution >= 0.6 is 22.7 Å². The van der Waals surface area contributed by atoms with Crippen molar-refractivity contribution in [1.82, 2.24) is 4.98 Å². The number of thiophene rings is 1. The van der Waals surface area contributed by atoms with E-state index in [0.29, 0.717) is 26.8 Å². The first kappa shape index (κ1) is 24.8. The van der Waals surface area contributed by atoms with E-state index in [4.69, 9.17) is 13.9 Å². The summed E-state index contributed by atoms with van der Waals surface area (Å²) in [6.45, 7) is 3.46. The van der Waals surface area contributed by atoms with Gasteiger partial charge >= 0.3 is 17.6 Å². The molecule has 11 heteroatoms. The Morgan fingerprint density at radius 1 is 1.28 bits per heavy atom. The van der Waals surface area contributed by atoms with Gasteiger partial charge in [-0.3, -0.25) is 0 Å². The number of carbonyl (C=O) groups is 2. The number of anilines is 1. The third-order valence-electron chi connectivity index (χ3n) is 5.12. The zero-order valence-corrected chi connectivity index (χ0v) is 21.0. The first-order chi connectivity index (χ1) is 17.4. The van der Waals surface area contributed by atoms with E-state index in [1.54, 1.807) is 37.4 Å². The zero-order valence-electron chi connectivity index (χ0n) is 19.4. The second-order valence-corrected chi connectivity index (χ2v) is 9.19. The van der Waals surface area contributed by atoms with E-state index in [1.807, 2.05) is 12.1 Å². The smallest absolute Gasteiger partial charge is 0.348 e. The molecular formula is C25H19N3O6S2. The van der Waals surface area contributed by atoms with Gasteiger partial charge < -0.3 is 19.2 Å². The molecular weight excluding hydrogens is 502 g/mol. The predicted octanol–water partition coefficient (Wildman–Crippen LogP) is 5.23. The lowest BCUT2D eigenvalue weighted by Crippen LogP contribution is -2.08. The Morgan fingerprint density at radius 3 is 2.78 bits per heavy atom. The molecule has 36 heavy (non-hydrogen) atoms. The molecule has 3 aromatic heterocycles. The van der Waals surface area contributed by atoms with Crippen molar-refractivity contribution >= 4 is 56.2 Å². The van der Waals surface area contributed by atoms with Crippen LogP contribution in [0.3, 0.4) is 0 Å². The number of benzene rings is 1. The molecule has 0 unspecified atom stereocenters. The van der Waals surface area contributed by atoms with Gasteiger partial charge in [-0.1, -0.05) is 18.2 Å². The van der Waals surface area contributed by atoms with Gasteiger partial charge in [0.25, 0.3) is 0 Å². The van der Waals surface area contributed by atoms with Crippen molar-refractivity contribution in [3.8, 4) is 17.3 Å². The van der Waals surface area contributed by atoms with Crippen LogP contribution in [-0.4, -0.2) is 30.6 Å². The topological polar surface area (TPSA) is 132 Å². The maximum Gasteiger partial charge on any atom is 0.348 e. The van der Waals surface area contributed by atoms with E-state index in [2.05, 4.69) is 16.4 Å². The maximum atomic E-state index is 12.5.